The van der Waals surface area contributed by atoms with Gasteiger partial charge in [-0.05, 0) is 20.3 Å². The number of nitrogens with zero attached hydrogens (tertiary/aromatic N) is 2. The Hall–Kier alpha value is -1.78. The molecule has 0 saturated heterocycles. The Labute approximate surface area is 94.8 Å². The number of nitrogens with one attached hydrogen (secondary N) is 1. The molecule has 0 spiro atoms. The number of aryl methyl sites for hydroxylation is 2. The summed E-state index contributed by atoms with van der Waals surface area (Å²) in [6.45, 7) is 4.35. The fourth-order valence-electron chi connectivity index (χ4n) is 1.56. The van der Waals surface area contributed by atoms with Crippen LogP contribution in [0.25, 0.3) is 0 Å². The molecule has 5 heteroatoms. The Bertz CT molecular complexity index is 408. The monoisotopic (exact) mass is 223 g/mol. The summed E-state index contributed by atoms with van der Waals surface area (Å²) in [7, 11) is 1.73. The highest BCUT2D eigenvalue weighted by Gasteiger charge is 2.18. The van der Waals surface area contributed by atoms with Crippen molar-refractivity contribution in [3.05, 3.63) is 23.4 Å². The van der Waals surface area contributed by atoms with Crippen molar-refractivity contribution in [3.8, 4) is 0 Å². The first-order valence-corrected chi connectivity index (χ1v) is 5.19. The topological polar surface area (TPSA) is 67.2 Å². The number of aromatic carboxylic acids is 1. The number of carboxylic acids is 1. The fraction of sp³-hybridized carbons (Fsp3) is 0.455. The molecule has 1 heterocycles. The van der Waals surface area contributed by atoms with Gasteiger partial charge < -0.3 is 10.4 Å². The lowest BCUT2D eigenvalue weighted by Gasteiger charge is -2.06. The predicted octanol–water partition coefficient (Wildman–Crippen LogP) is 1.80. The van der Waals surface area contributed by atoms with Crippen LogP contribution in [-0.2, 0) is 7.05 Å². The fourth-order valence-corrected chi connectivity index (χ4v) is 1.56. The Kier molecular flexibility index (Phi) is 4.10. The number of hydrogen-bond acceptors (Lipinski definition) is 3. The molecule has 1 aromatic rings. The Morgan fingerprint density at radius 2 is 2.31 bits per heavy atom. The maximum atomic E-state index is 11.0. The molecule has 0 aliphatic rings. The van der Waals surface area contributed by atoms with Crippen molar-refractivity contribution in [2.75, 3.05) is 11.9 Å². The minimum atomic E-state index is -0.945. The molecule has 1 rings (SSSR count). The number of rotatable bonds is 5. The van der Waals surface area contributed by atoms with E-state index in [0.29, 0.717) is 18.1 Å². The van der Waals surface area contributed by atoms with E-state index in [2.05, 4.69) is 10.4 Å². The molecule has 0 amide bonds. The van der Waals surface area contributed by atoms with Gasteiger partial charge in [0, 0.05) is 13.6 Å². The average Bonchev–Trinajstić information content (AvgIpc) is 2.48. The molecule has 88 valence electrons. The Balaban J connectivity index is 2.81. The van der Waals surface area contributed by atoms with Crippen molar-refractivity contribution in [1.82, 2.24) is 9.78 Å². The predicted molar refractivity (Wildman–Crippen MR) is 62.8 cm³/mol. The molecule has 0 aliphatic carbocycles. The van der Waals surface area contributed by atoms with Crippen molar-refractivity contribution in [2.45, 2.75) is 20.3 Å². The zero-order valence-electron chi connectivity index (χ0n) is 9.82. The van der Waals surface area contributed by atoms with Gasteiger partial charge in [-0.15, -0.1) is 0 Å². The van der Waals surface area contributed by atoms with E-state index in [1.165, 1.54) is 0 Å². The molecule has 0 aliphatic heterocycles. The van der Waals surface area contributed by atoms with Gasteiger partial charge in [0.05, 0.1) is 5.69 Å². The maximum absolute atomic E-state index is 11.0. The van der Waals surface area contributed by atoms with E-state index in [0.717, 1.165) is 6.42 Å². The quantitative estimate of drug-likeness (QED) is 0.590. The lowest BCUT2D eigenvalue weighted by molar-refractivity contribution is 0.0697. The highest BCUT2D eigenvalue weighted by Crippen LogP contribution is 2.18. The van der Waals surface area contributed by atoms with Crippen LogP contribution in [0.3, 0.4) is 0 Å². The number of anilines is 1. The number of aromatic nitrogens is 2. The van der Waals surface area contributed by atoms with Gasteiger partial charge in [0.1, 0.15) is 11.4 Å². The molecule has 16 heavy (non-hydrogen) atoms. The van der Waals surface area contributed by atoms with E-state index in [9.17, 15) is 4.79 Å². The second-order valence-corrected chi connectivity index (χ2v) is 3.52. The standard InChI is InChI=1S/C11H17N3O2/c1-4-5-6-7-12-10-9(11(15)16)8(2)13-14(10)3/h4-5,12H,6-7H2,1-3H3,(H,15,16)/b5-4+. The van der Waals surface area contributed by atoms with Crippen molar-refractivity contribution >= 4 is 11.8 Å². The van der Waals surface area contributed by atoms with Crippen LogP contribution in [-0.4, -0.2) is 27.4 Å². The lowest BCUT2D eigenvalue weighted by Crippen LogP contribution is -2.09. The first kappa shape index (κ1) is 12.3. The summed E-state index contributed by atoms with van der Waals surface area (Å²) in [6.07, 6.45) is 4.85. The van der Waals surface area contributed by atoms with E-state index >= 15 is 0 Å². The van der Waals surface area contributed by atoms with Crippen LogP contribution in [0.15, 0.2) is 12.2 Å². The molecule has 0 unspecified atom stereocenters. The number of carbonyl (C=O) groups is 1. The van der Waals surface area contributed by atoms with E-state index in [1.54, 1.807) is 18.7 Å². The average molecular weight is 223 g/mol. The largest absolute Gasteiger partial charge is 0.477 e. The van der Waals surface area contributed by atoms with Gasteiger partial charge in [-0.3, -0.25) is 4.68 Å². The van der Waals surface area contributed by atoms with Crippen LogP contribution < -0.4 is 5.32 Å². The molecular weight excluding hydrogens is 206 g/mol. The summed E-state index contributed by atoms with van der Waals surface area (Å²) < 4.78 is 1.56. The molecule has 2 N–H and O–H groups in total. The lowest BCUT2D eigenvalue weighted by atomic mass is 10.2. The third-order valence-corrected chi connectivity index (χ3v) is 2.28. The normalized spacial score (nSPS) is 10.9. The summed E-state index contributed by atoms with van der Waals surface area (Å²) in [4.78, 5) is 11.0. The molecule has 5 nitrogen and oxygen atoms in total. The molecular formula is C11H17N3O2. The molecule has 0 radical (unpaired) electrons. The Morgan fingerprint density at radius 1 is 1.62 bits per heavy atom. The van der Waals surface area contributed by atoms with Crippen molar-refractivity contribution in [3.63, 3.8) is 0 Å². The van der Waals surface area contributed by atoms with Gasteiger partial charge >= 0.3 is 5.97 Å². The third kappa shape index (κ3) is 2.62. The zero-order valence-corrected chi connectivity index (χ0v) is 9.82. The zero-order chi connectivity index (χ0) is 12.1. The highest BCUT2D eigenvalue weighted by atomic mass is 16.4. The molecule has 0 fully saturated rings. The summed E-state index contributed by atoms with van der Waals surface area (Å²) >= 11 is 0. The van der Waals surface area contributed by atoms with Crippen molar-refractivity contribution in [2.24, 2.45) is 7.05 Å². The molecule has 0 saturated carbocycles. The molecule has 1 aromatic heterocycles. The van der Waals surface area contributed by atoms with Gasteiger partial charge in [0.2, 0.25) is 0 Å². The van der Waals surface area contributed by atoms with E-state index in [1.807, 2.05) is 19.1 Å². The van der Waals surface area contributed by atoms with Gasteiger partial charge in [-0.25, -0.2) is 4.79 Å². The van der Waals surface area contributed by atoms with E-state index < -0.39 is 5.97 Å². The van der Waals surface area contributed by atoms with E-state index in [-0.39, 0.29) is 5.56 Å². The summed E-state index contributed by atoms with van der Waals surface area (Å²) in [5, 5.41) is 16.2. The van der Waals surface area contributed by atoms with Crippen LogP contribution >= 0.6 is 0 Å². The van der Waals surface area contributed by atoms with Gasteiger partial charge in [0.25, 0.3) is 0 Å². The number of hydrogen-bond donors (Lipinski definition) is 2. The highest BCUT2D eigenvalue weighted by molar-refractivity contribution is 5.94. The number of carboxylic acid groups (broad SMARTS) is 1. The minimum Gasteiger partial charge on any atom is -0.477 e. The second-order valence-electron chi connectivity index (χ2n) is 3.52. The van der Waals surface area contributed by atoms with E-state index in [4.69, 9.17) is 5.11 Å². The van der Waals surface area contributed by atoms with Crippen molar-refractivity contribution < 1.29 is 9.90 Å². The van der Waals surface area contributed by atoms with Crippen molar-refractivity contribution in [1.29, 1.82) is 0 Å². The van der Waals surface area contributed by atoms with Gasteiger partial charge in [-0.2, -0.15) is 5.10 Å². The summed E-state index contributed by atoms with van der Waals surface area (Å²) in [5.74, 6) is -0.381. The first-order valence-electron chi connectivity index (χ1n) is 5.19. The molecule has 0 aromatic carbocycles. The molecule has 0 atom stereocenters. The van der Waals surface area contributed by atoms with Gasteiger partial charge in [0.15, 0.2) is 0 Å². The van der Waals surface area contributed by atoms with Crippen LogP contribution in [0.4, 0.5) is 5.82 Å². The first-order chi connectivity index (χ1) is 7.57. The smallest absolute Gasteiger partial charge is 0.341 e. The van der Waals surface area contributed by atoms with Gasteiger partial charge in [-0.1, -0.05) is 12.2 Å². The summed E-state index contributed by atoms with van der Waals surface area (Å²) in [5.41, 5.74) is 0.784. The SMILES string of the molecule is C/C=C/CCNc1c(C(=O)O)c(C)nn1C. The Morgan fingerprint density at radius 3 is 2.88 bits per heavy atom. The van der Waals surface area contributed by atoms with Crippen LogP contribution in [0, 0.1) is 6.92 Å². The van der Waals surface area contributed by atoms with Crippen LogP contribution in [0.5, 0.6) is 0 Å². The molecule has 0 bridgehead atoms. The third-order valence-electron chi connectivity index (χ3n) is 2.28. The van der Waals surface area contributed by atoms with Crippen LogP contribution in [0.2, 0.25) is 0 Å². The number of allylic oxidation sites excluding steroid dienone is 1. The second kappa shape index (κ2) is 5.34. The summed E-state index contributed by atoms with van der Waals surface area (Å²) in [6, 6.07) is 0. The van der Waals surface area contributed by atoms with Crippen LogP contribution in [0.1, 0.15) is 29.4 Å². The maximum Gasteiger partial charge on any atom is 0.341 e. The minimum absolute atomic E-state index is 0.253.